The van der Waals surface area contributed by atoms with Crippen LogP contribution in [-0.4, -0.2) is 48.1 Å². The molecule has 1 unspecified atom stereocenters. The molecule has 1 aromatic carbocycles. The molecule has 10 nitrogen and oxygen atoms in total. The molecule has 1 saturated heterocycles. The van der Waals surface area contributed by atoms with Gasteiger partial charge >= 0.3 is 6.09 Å². The molecule has 172 valence electrons. The summed E-state index contributed by atoms with van der Waals surface area (Å²) in [5.74, 6) is -1.12. The topological polar surface area (TPSA) is 142 Å². The lowest BCUT2D eigenvalue weighted by Gasteiger charge is -2.40. The van der Waals surface area contributed by atoms with Crippen LogP contribution in [0, 0.1) is 11.3 Å². The van der Waals surface area contributed by atoms with E-state index in [1.165, 1.54) is 12.3 Å². The summed E-state index contributed by atoms with van der Waals surface area (Å²) in [6, 6.07) is 9.29. The Morgan fingerprint density at radius 3 is 2.73 bits per heavy atom. The number of carbonyl (C=O) groups excluding carboxylic acids is 3. The number of nitrogens with two attached hydrogens (primary N) is 1. The number of amides is 3. The minimum atomic E-state index is -1.44. The van der Waals surface area contributed by atoms with Crippen molar-refractivity contribution in [3.63, 3.8) is 0 Å². The zero-order valence-electron chi connectivity index (χ0n) is 17.5. The number of nitrogens with zero attached hydrogens (tertiary/aromatic N) is 4. The summed E-state index contributed by atoms with van der Waals surface area (Å²) in [7, 11) is 0. The Labute approximate surface area is 196 Å². The van der Waals surface area contributed by atoms with Crippen LogP contribution in [0.5, 0.6) is 0 Å². The van der Waals surface area contributed by atoms with Gasteiger partial charge in [-0.2, -0.15) is 5.26 Å². The summed E-state index contributed by atoms with van der Waals surface area (Å²) in [6.07, 6.45) is 2.36. The minimum Gasteiger partial charge on any atom is -0.444 e. The van der Waals surface area contributed by atoms with Gasteiger partial charge in [0, 0.05) is 32.3 Å². The van der Waals surface area contributed by atoms with E-state index in [0.717, 1.165) is 11.3 Å². The molecule has 2 aliphatic heterocycles. The molecule has 3 amide bonds. The van der Waals surface area contributed by atoms with Crippen molar-refractivity contribution in [2.24, 2.45) is 5.73 Å². The molecule has 3 heterocycles. The highest BCUT2D eigenvalue weighted by atomic mass is 35.5. The highest BCUT2D eigenvalue weighted by molar-refractivity contribution is 6.33. The highest BCUT2D eigenvalue weighted by Gasteiger charge is 2.34. The minimum absolute atomic E-state index is 0. The molecule has 1 aromatic heterocycles. The van der Waals surface area contributed by atoms with Gasteiger partial charge in [0.1, 0.15) is 12.4 Å². The maximum atomic E-state index is 12.5. The molecule has 0 bridgehead atoms. The second-order valence-electron chi connectivity index (χ2n) is 7.74. The van der Waals surface area contributed by atoms with E-state index in [1.54, 1.807) is 11.0 Å². The first-order chi connectivity index (χ1) is 15.9. The number of halogens is 1. The zero-order valence-corrected chi connectivity index (χ0v) is 18.3. The van der Waals surface area contributed by atoms with Crippen LogP contribution in [0.3, 0.4) is 0 Å². The largest absolute Gasteiger partial charge is 0.444 e. The number of rotatable bonds is 5. The Kier molecular flexibility index (Phi) is 6.33. The summed E-state index contributed by atoms with van der Waals surface area (Å²) in [5.41, 5.74) is 7.03. The molecule has 1 atom stereocenters. The van der Waals surface area contributed by atoms with Crippen LogP contribution in [0.2, 0.25) is 5.02 Å². The third kappa shape index (κ3) is 4.54. The standard InChI is InChI=1S/C22H21ClN6O4.H2/c23-16-9-14(21(31)27-17(10-24)19(25)30)11-26-20(16)28-7-5-15(6-8-28)29-18-4-2-1-3-13(18)12-33-22(29)32;/h1-4,9,11,15,17H,5-8,12H2,(H2,25,30)(H,27,31);1H. The molecule has 33 heavy (non-hydrogen) atoms. The molecule has 2 aromatic rings. The maximum Gasteiger partial charge on any atom is 0.414 e. The van der Waals surface area contributed by atoms with E-state index in [-0.39, 0.29) is 30.8 Å². The molecule has 0 aliphatic carbocycles. The average molecular weight is 471 g/mol. The van der Waals surface area contributed by atoms with Crippen molar-refractivity contribution in [3.8, 4) is 6.07 Å². The number of hydrogen-bond acceptors (Lipinski definition) is 7. The molecular weight excluding hydrogens is 448 g/mol. The normalized spacial score (nSPS) is 16.9. The summed E-state index contributed by atoms with van der Waals surface area (Å²) in [5, 5.41) is 11.4. The number of anilines is 2. The van der Waals surface area contributed by atoms with Gasteiger partial charge in [0.25, 0.3) is 11.8 Å². The Hall–Kier alpha value is -3.84. The molecule has 0 saturated carbocycles. The van der Waals surface area contributed by atoms with E-state index in [1.807, 2.05) is 29.2 Å². The molecule has 0 radical (unpaired) electrons. The van der Waals surface area contributed by atoms with Gasteiger partial charge in [-0.05, 0) is 25.0 Å². The van der Waals surface area contributed by atoms with Crippen LogP contribution in [0.1, 0.15) is 30.2 Å². The Balaban J connectivity index is 0.00000324. The van der Waals surface area contributed by atoms with Gasteiger partial charge in [-0.1, -0.05) is 29.8 Å². The van der Waals surface area contributed by atoms with Crippen LogP contribution < -0.4 is 20.9 Å². The predicted molar refractivity (Wildman–Crippen MR) is 122 cm³/mol. The summed E-state index contributed by atoms with van der Waals surface area (Å²) >= 11 is 6.39. The molecular formula is C22H23ClN6O4. The fraction of sp³-hybridized carbons (Fsp3) is 0.318. The van der Waals surface area contributed by atoms with Crippen molar-refractivity contribution in [3.05, 3.63) is 52.7 Å². The molecule has 4 rings (SSSR count). The third-order valence-corrected chi connectivity index (χ3v) is 5.98. The van der Waals surface area contributed by atoms with E-state index in [0.29, 0.717) is 31.7 Å². The monoisotopic (exact) mass is 470 g/mol. The number of para-hydroxylation sites is 1. The number of ether oxygens (including phenoxy) is 1. The summed E-state index contributed by atoms with van der Waals surface area (Å²) in [4.78, 5) is 43.9. The first-order valence-corrected chi connectivity index (χ1v) is 10.7. The van der Waals surface area contributed by atoms with Crippen LogP contribution in [-0.2, 0) is 16.1 Å². The van der Waals surface area contributed by atoms with Gasteiger partial charge in [-0.3, -0.25) is 14.5 Å². The van der Waals surface area contributed by atoms with Crippen LogP contribution in [0.25, 0.3) is 0 Å². The third-order valence-electron chi connectivity index (χ3n) is 5.70. The van der Waals surface area contributed by atoms with Crippen LogP contribution in [0.4, 0.5) is 16.3 Å². The van der Waals surface area contributed by atoms with E-state index in [2.05, 4.69) is 10.3 Å². The van der Waals surface area contributed by atoms with Crippen molar-refractivity contribution >= 4 is 41.0 Å². The number of hydrogen-bond donors (Lipinski definition) is 2. The summed E-state index contributed by atoms with van der Waals surface area (Å²) in [6.45, 7) is 1.48. The first kappa shape index (κ1) is 22.4. The number of piperidine rings is 1. The molecule has 2 aliphatic rings. The van der Waals surface area contributed by atoms with Gasteiger partial charge in [-0.15, -0.1) is 0 Å². The number of nitriles is 1. The second-order valence-corrected chi connectivity index (χ2v) is 8.15. The van der Waals surface area contributed by atoms with Crippen molar-refractivity contribution < 1.29 is 20.5 Å². The maximum absolute atomic E-state index is 12.5. The van der Waals surface area contributed by atoms with Crippen LogP contribution >= 0.6 is 11.6 Å². The second kappa shape index (κ2) is 9.34. The lowest BCUT2D eigenvalue weighted by atomic mass is 10.0. The smallest absolute Gasteiger partial charge is 0.414 e. The Bertz CT molecular complexity index is 1150. The fourth-order valence-electron chi connectivity index (χ4n) is 4.03. The van der Waals surface area contributed by atoms with Gasteiger partial charge in [0.15, 0.2) is 6.04 Å². The van der Waals surface area contributed by atoms with E-state index in [9.17, 15) is 14.4 Å². The van der Waals surface area contributed by atoms with Gasteiger partial charge in [-0.25, -0.2) is 9.78 Å². The quantitative estimate of drug-likeness (QED) is 0.682. The van der Waals surface area contributed by atoms with E-state index in [4.69, 9.17) is 27.3 Å². The summed E-state index contributed by atoms with van der Waals surface area (Å²) < 4.78 is 5.34. The van der Waals surface area contributed by atoms with Crippen molar-refractivity contribution in [1.29, 1.82) is 5.26 Å². The molecule has 0 spiro atoms. The SMILES string of the molecule is N#CC(NC(=O)c1cnc(N2CCC(N3C(=O)OCc4ccccc43)CC2)c(Cl)c1)C(N)=O.[HH]. The molecule has 3 N–H and O–H groups in total. The number of cyclic esters (lactones) is 1. The number of primary amides is 1. The van der Waals surface area contributed by atoms with Gasteiger partial charge in [0.2, 0.25) is 0 Å². The number of benzene rings is 1. The first-order valence-electron chi connectivity index (χ1n) is 10.3. The molecule has 11 heteroatoms. The van der Waals surface area contributed by atoms with Gasteiger partial charge in [0.05, 0.1) is 22.3 Å². The number of aromatic nitrogens is 1. The molecule has 1 fully saturated rings. The van der Waals surface area contributed by atoms with Crippen molar-refractivity contribution in [1.82, 2.24) is 10.3 Å². The number of pyridine rings is 1. The van der Waals surface area contributed by atoms with Crippen molar-refractivity contribution in [2.45, 2.75) is 31.5 Å². The van der Waals surface area contributed by atoms with Gasteiger partial charge < -0.3 is 20.7 Å². The predicted octanol–water partition coefficient (Wildman–Crippen LogP) is 2.21. The Morgan fingerprint density at radius 2 is 2.06 bits per heavy atom. The lowest BCUT2D eigenvalue weighted by molar-refractivity contribution is -0.118. The van der Waals surface area contributed by atoms with E-state index >= 15 is 0 Å². The van der Waals surface area contributed by atoms with E-state index < -0.39 is 17.9 Å². The lowest BCUT2D eigenvalue weighted by Crippen LogP contribution is -2.49. The number of fused-ring (bicyclic) bond motifs is 1. The number of nitrogens with one attached hydrogen (secondary N) is 1. The van der Waals surface area contributed by atoms with Crippen LogP contribution in [0.15, 0.2) is 36.5 Å². The number of carbonyl (C=O) groups is 3. The Morgan fingerprint density at radius 1 is 1.33 bits per heavy atom. The zero-order chi connectivity index (χ0) is 23.5. The van der Waals surface area contributed by atoms with Crippen molar-refractivity contribution in [2.75, 3.05) is 22.9 Å². The highest BCUT2D eigenvalue weighted by Crippen LogP contribution is 2.33. The fourth-order valence-corrected chi connectivity index (χ4v) is 4.31. The average Bonchev–Trinajstić information content (AvgIpc) is 2.82.